The van der Waals surface area contributed by atoms with E-state index in [2.05, 4.69) is 5.32 Å². The Morgan fingerprint density at radius 1 is 1.22 bits per heavy atom. The van der Waals surface area contributed by atoms with Crippen LogP contribution < -0.4 is 5.32 Å². The van der Waals surface area contributed by atoms with E-state index in [0.717, 1.165) is 15.4 Å². The monoisotopic (exact) mass is 372 g/mol. The van der Waals surface area contributed by atoms with Crippen LogP contribution in [0, 0.1) is 13.8 Å². The fourth-order valence-corrected chi connectivity index (χ4v) is 3.89. The van der Waals surface area contributed by atoms with Crippen molar-refractivity contribution in [1.29, 1.82) is 0 Å². The molecule has 0 atom stereocenters. The summed E-state index contributed by atoms with van der Waals surface area (Å²) in [5.74, 6) is -0.316. The topological polar surface area (TPSA) is 66.5 Å². The third-order valence-corrected chi connectivity index (χ3v) is 6.49. The van der Waals surface area contributed by atoms with Gasteiger partial charge in [-0.3, -0.25) is 4.79 Å². The molecule has 5 nitrogen and oxygen atoms in total. The molecule has 0 radical (unpaired) electrons. The van der Waals surface area contributed by atoms with E-state index in [9.17, 15) is 13.2 Å². The lowest BCUT2D eigenvalue weighted by molar-refractivity contribution is 0.103. The highest BCUT2D eigenvalue weighted by Gasteiger charge is 2.20. The Kier molecular flexibility index (Phi) is 5.15. The van der Waals surface area contributed by atoms with Gasteiger partial charge in [-0.1, -0.05) is 11.6 Å². The van der Waals surface area contributed by atoms with Crippen LogP contribution in [0.2, 0.25) is 4.34 Å². The van der Waals surface area contributed by atoms with Crippen molar-refractivity contribution in [2.75, 3.05) is 19.4 Å². The van der Waals surface area contributed by atoms with Crippen LogP contribution in [0.1, 0.15) is 20.8 Å². The van der Waals surface area contributed by atoms with Gasteiger partial charge in [0.05, 0.1) is 14.1 Å². The summed E-state index contributed by atoms with van der Waals surface area (Å²) in [6.45, 7) is 3.64. The Morgan fingerprint density at radius 2 is 1.87 bits per heavy atom. The highest BCUT2D eigenvalue weighted by atomic mass is 35.5. The number of hydrogen-bond donors (Lipinski definition) is 1. The summed E-state index contributed by atoms with van der Waals surface area (Å²) in [7, 11) is -0.634. The van der Waals surface area contributed by atoms with Gasteiger partial charge >= 0.3 is 0 Å². The number of aryl methyl sites for hydroxylation is 1. The molecule has 1 N–H and O–H groups in total. The van der Waals surface area contributed by atoms with Crippen LogP contribution >= 0.6 is 22.9 Å². The number of carbonyl (C=O) groups excluding carboxylic acids is 1. The summed E-state index contributed by atoms with van der Waals surface area (Å²) >= 11 is 7.00. The van der Waals surface area contributed by atoms with Gasteiger partial charge in [-0.05, 0) is 49.2 Å². The van der Waals surface area contributed by atoms with Crippen LogP contribution in [-0.4, -0.2) is 32.7 Å². The molecule has 0 aliphatic rings. The van der Waals surface area contributed by atoms with Gasteiger partial charge in [0.2, 0.25) is 10.0 Å². The highest BCUT2D eigenvalue weighted by Crippen LogP contribution is 2.27. The van der Waals surface area contributed by atoms with Gasteiger partial charge in [0.1, 0.15) is 0 Å². The van der Waals surface area contributed by atoms with Gasteiger partial charge in [0.25, 0.3) is 5.91 Å². The SMILES string of the molecule is Cc1cc(S(=O)(=O)N(C)C)cc(NC(=O)c2ccc(Cl)s2)c1C. The molecule has 0 aliphatic carbocycles. The van der Waals surface area contributed by atoms with E-state index in [-0.39, 0.29) is 10.8 Å². The molecule has 8 heteroatoms. The van der Waals surface area contributed by atoms with Gasteiger partial charge in [-0.25, -0.2) is 12.7 Å². The lowest BCUT2D eigenvalue weighted by atomic mass is 10.1. The second kappa shape index (κ2) is 6.60. The fraction of sp³-hybridized carbons (Fsp3) is 0.267. The number of sulfonamides is 1. The van der Waals surface area contributed by atoms with Crippen LogP contribution in [0.5, 0.6) is 0 Å². The Morgan fingerprint density at radius 3 is 2.39 bits per heavy atom. The first-order chi connectivity index (χ1) is 10.6. The minimum Gasteiger partial charge on any atom is -0.321 e. The molecule has 2 rings (SSSR count). The first-order valence-corrected chi connectivity index (χ1v) is 9.37. The molecular weight excluding hydrogens is 356 g/mol. The second-order valence-electron chi connectivity index (χ2n) is 5.26. The predicted octanol–water partition coefficient (Wildman–Crippen LogP) is 3.52. The summed E-state index contributed by atoms with van der Waals surface area (Å²) in [6.07, 6.45) is 0. The molecule has 0 bridgehead atoms. The number of amides is 1. The quantitative estimate of drug-likeness (QED) is 0.892. The van der Waals surface area contributed by atoms with Crippen molar-refractivity contribution in [2.24, 2.45) is 0 Å². The predicted molar refractivity (Wildman–Crippen MR) is 94.1 cm³/mol. The maximum Gasteiger partial charge on any atom is 0.265 e. The Balaban J connectivity index is 2.43. The molecule has 1 aromatic carbocycles. The smallest absolute Gasteiger partial charge is 0.265 e. The van der Waals surface area contributed by atoms with E-state index in [0.29, 0.717) is 14.9 Å². The van der Waals surface area contributed by atoms with Crippen LogP contribution in [-0.2, 0) is 10.0 Å². The molecule has 0 saturated carbocycles. The second-order valence-corrected chi connectivity index (χ2v) is 9.12. The summed E-state index contributed by atoms with van der Waals surface area (Å²) < 4.78 is 26.3. The molecular formula is C15H17ClN2O3S2. The average molecular weight is 373 g/mol. The zero-order valence-electron chi connectivity index (χ0n) is 13.2. The molecule has 0 spiro atoms. The maximum atomic E-state index is 12.3. The third kappa shape index (κ3) is 3.74. The number of rotatable bonds is 4. The van der Waals surface area contributed by atoms with Crippen LogP contribution in [0.15, 0.2) is 29.2 Å². The van der Waals surface area contributed by atoms with Crippen LogP contribution in [0.25, 0.3) is 0 Å². The molecule has 0 saturated heterocycles. The zero-order chi connectivity index (χ0) is 17.4. The number of nitrogens with one attached hydrogen (secondary N) is 1. The standard InChI is InChI=1S/C15H17ClN2O3S2/c1-9-7-11(23(20,21)18(3)4)8-12(10(9)2)17-15(19)13-5-6-14(16)22-13/h5-8H,1-4H3,(H,17,19). The fourth-order valence-electron chi connectivity index (χ4n) is 1.94. The van der Waals surface area contributed by atoms with Gasteiger partial charge < -0.3 is 5.32 Å². The summed E-state index contributed by atoms with van der Waals surface area (Å²) in [6, 6.07) is 6.35. The lowest BCUT2D eigenvalue weighted by Gasteiger charge is -2.16. The molecule has 124 valence electrons. The van der Waals surface area contributed by atoms with Gasteiger partial charge in [-0.15, -0.1) is 11.3 Å². The van der Waals surface area contributed by atoms with E-state index in [1.165, 1.54) is 31.5 Å². The zero-order valence-corrected chi connectivity index (χ0v) is 15.6. The van der Waals surface area contributed by atoms with Gasteiger partial charge in [-0.2, -0.15) is 0 Å². The first-order valence-electron chi connectivity index (χ1n) is 6.73. The Bertz CT molecular complexity index is 858. The van der Waals surface area contributed by atoms with E-state index in [1.54, 1.807) is 18.2 Å². The Labute approximate surface area is 144 Å². The summed E-state index contributed by atoms with van der Waals surface area (Å²) in [4.78, 5) is 12.9. The van der Waals surface area contributed by atoms with Crippen molar-refractivity contribution in [1.82, 2.24) is 4.31 Å². The number of carbonyl (C=O) groups is 1. The lowest BCUT2D eigenvalue weighted by Crippen LogP contribution is -2.23. The molecule has 23 heavy (non-hydrogen) atoms. The van der Waals surface area contributed by atoms with Gasteiger partial charge in [0.15, 0.2) is 0 Å². The van der Waals surface area contributed by atoms with Crippen molar-refractivity contribution in [3.05, 3.63) is 44.6 Å². The molecule has 2 aromatic rings. The maximum absolute atomic E-state index is 12.3. The normalized spacial score (nSPS) is 11.7. The first kappa shape index (κ1) is 17.9. The molecule has 0 fully saturated rings. The van der Waals surface area contributed by atoms with E-state index in [1.807, 2.05) is 13.8 Å². The number of halogens is 1. The van der Waals surface area contributed by atoms with Crippen molar-refractivity contribution in [3.63, 3.8) is 0 Å². The van der Waals surface area contributed by atoms with Crippen molar-refractivity contribution >= 4 is 44.6 Å². The summed E-state index contributed by atoms with van der Waals surface area (Å²) in [5.41, 5.74) is 2.08. The van der Waals surface area contributed by atoms with Gasteiger partial charge in [0, 0.05) is 19.8 Å². The van der Waals surface area contributed by atoms with Crippen molar-refractivity contribution in [3.8, 4) is 0 Å². The third-order valence-electron chi connectivity index (χ3n) is 3.46. The van der Waals surface area contributed by atoms with Crippen LogP contribution in [0.4, 0.5) is 5.69 Å². The molecule has 1 aromatic heterocycles. The summed E-state index contributed by atoms with van der Waals surface area (Å²) in [5, 5.41) is 2.76. The van der Waals surface area contributed by atoms with E-state index >= 15 is 0 Å². The highest BCUT2D eigenvalue weighted by molar-refractivity contribution is 7.89. The van der Waals surface area contributed by atoms with Crippen molar-refractivity contribution in [2.45, 2.75) is 18.7 Å². The average Bonchev–Trinajstić information content (AvgIpc) is 2.90. The molecule has 1 heterocycles. The van der Waals surface area contributed by atoms with E-state index < -0.39 is 10.0 Å². The Hall–Kier alpha value is -1.41. The number of benzene rings is 1. The molecule has 1 amide bonds. The number of hydrogen-bond acceptors (Lipinski definition) is 4. The number of anilines is 1. The minimum atomic E-state index is -3.57. The number of nitrogens with zero attached hydrogens (tertiary/aromatic N) is 1. The van der Waals surface area contributed by atoms with E-state index in [4.69, 9.17) is 11.6 Å². The largest absolute Gasteiger partial charge is 0.321 e. The molecule has 0 aliphatic heterocycles. The van der Waals surface area contributed by atoms with Crippen molar-refractivity contribution < 1.29 is 13.2 Å². The van der Waals surface area contributed by atoms with Crippen LogP contribution in [0.3, 0.4) is 0 Å². The number of thiophene rings is 1. The molecule has 0 unspecified atom stereocenters. The minimum absolute atomic E-state index is 0.144.